The van der Waals surface area contributed by atoms with Crippen molar-refractivity contribution in [2.45, 2.75) is 24.1 Å². The van der Waals surface area contributed by atoms with Crippen molar-refractivity contribution in [2.75, 3.05) is 0 Å². The topological polar surface area (TPSA) is 46.2 Å². The van der Waals surface area contributed by atoms with Gasteiger partial charge in [0.15, 0.2) is 0 Å². The third-order valence-corrected chi connectivity index (χ3v) is 6.24. The smallest absolute Gasteiger partial charge is 0.206 e. The van der Waals surface area contributed by atoms with E-state index in [-0.39, 0.29) is 6.04 Å². The van der Waals surface area contributed by atoms with Gasteiger partial charge in [-0.25, -0.2) is 13.1 Å². The molecule has 0 saturated heterocycles. The Hall–Kier alpha value is -0.690. The molecular formula is C13H14BrNO2S2. The normalized spacial score (nSPS) is 13.4. The van der Waals surface area contributed by atoms with E-state index in [9.17, 15) is 8.42 Å². The van der Waals surface area contributed by atoms with Gasteiger partial charge in [-0.1, -0.05) is 28.1 Å². The van der Waals surface area contributed by atoms with Crippen LogP contribution in [0.3, 0.4) is 0 Å². The largest absolute Gasteiger partial charge is 0.250 e. The average molecular weight is 360 g/mol. The Labute approximate surface area is 125 Å². The summed E-state index contributed by atoms with van der Waals surface area (Å²) in [6, 6.07) is 10.8. The van der Waals surface area contributed by atoms with Crippen LogP contribution in [0.15, 0.2) is 45.1 Å². The van der Waals surface area contributed by atoms with Gasteiger partial charge in [0.25, 0.3) is 10.0 Å². The molecule has 0 spiro atoms. The van der Waals surface area contributed by atoms with Crippen molar-refractivity contribution in [3.05, 3.63) is 51.3 Å². The van der Waals surface area contributed by atoms with E-state index in [2.05, 4.69) is 20.7 Å². The fourth-order valence-electron chi connectivity index (χ4n) is 1.67. The van der Waals surface area contributed by atoms with Gasteiger partial charge in [-0.2, -0.15) is 0 Å². The highest BCUT2D eigenvalue weighted by atomic mass is 79.9. The lowest BCUT2D eigenvalue weighted by Crippen LogP contribution is -2.26. The molecule has 0 fully saturated rings. The molecule has 2 aromatic rings. The van der Waals surface area contributed by atoms with Gasteiger partial charge < -0.3 is 0 Å². The van der Waals surface area contributed by atoms with Gasteiger partial charge in [0.05, 0.1) is 0 Å². The molecule has 1 heterocycles. The Balaban J connectivity index is 2.18. The summed E-state index contributed by atoms with van der Waals surface area (Å²) < 4.78 is 28.4. The lowest BCUT2D eigenvalue weighted by atomic mass is 10.1. The zero-order chi connectivity index (χ0) is 14.0. The summed E-state index contributed by atoms with van der Waals surface area (Å²) in [6.45, 7) is 3.73. The Morgan fingerprint density at radius 3 is 2.32 bits per heavy atom. The fourth-order valence-corrected chi connectivity index (χ4v) is 4.46. The number of aryl methyl sites for hydroxylation is 1. The van der Waals surface area contributed by atoms with Gasteiger partial charge in [0.2, 0.25) is 0 Å². The number of thiophene rings is 1. The standard InChI is InChI=1S/C13H14BrNO2S2/c1-9-3-8-13(18-9)19(16,17)15-10(2)11-4-6-12(14)7-5-11/h3-8,10,15H,1-2H3. The van der Waals surface area contributed by atoms with Crippen molar-refractivity contribution in [2.24, 2.45) is 0 Å². The zero-order valence-corrected chi connectivity index (χ0v) is 13.8. The van der Waals surface area contributed by atoms with Crippen LogP contribution in [0.25, 0.3) is 0 Å². The van der Waals surface area contributed by atoms with Crippen LogP contribution < -0.4 is 4.72 Å². The molecule has 1 unspecified atom stereocenters. The van der Waals surface area contributed by atoms with Crippen LogP contribution in [0, 0.1) is 6.92 Å². The number of benzene rings is 1. The average Bonchev–Trinajstić information content (AvgIpc) is 2.77. The Morgan fingerprint density at radius 2 is 1.79 bits per heavy atom. The van der Waals surface area contributed by atoms with Crippen molar-refractivity contribution < 1.29 is 8.42 Å². The summed E-state index contributed by atoms with van der Waals surface area (Å²) >= 11 is 4.63. The maximum atomic E-state index is 12.2. The molecule has 19 heavy (non-hydrogen) atoms. The van der Waals surface area contributed by atoms with Gasteiger partial charge in [-0.15, -0.1) is 11.3 Å². The van der Waals surface area contributed by atoms with Gasteiger partial charge in [-0.3, -0.25) is 0 Å². The third-order valence-electron chi connectivity index (χ3n) is 2.68. The van der Waals surface area contributed by atoms with E-state index in [0.29, 0.717) is 4.21 Å². The predicted molar refractivity (Wildman–Crippen MR) is 81.9 cm³/mol. The number of halogens is 1. The van der Waals surface area contributed by atoms with Crippen LogP contribution in [0.2, 0.25) is 0 Å². The minimum atomic E-state index is -3.44. The molecule has 1 aromatic carbocycles. The first-order valence-electron chi connectivity index (χ1n) is 5.73. The third kappa shape index (κ3) is 3.66. The van der Waals surface area contributed by atoms with Crippen LogP contribution in [-0.2, 0) is 10.0 Å². The molecule has 1 aromatic heterocycles. The highest BCUT2D eigenvalue weighted by Gasteiger charge is 2.19. The summed E-state index contributed by atoms with van der Waals surface area (Å²) in [5, 5.41) is 0. The quantitative estimate of drug-likeness (QED) is 0.900. The monoisotopic (exact) mass is 359 g/mol. The second kappa shape index (κ2) is 5.75. The van der Waals surface area contributed by atoms with Crippen molar-refractivity contribution in [3.8, 4) is 0 Å². The number of nitrogens with one attached hydrogen (secondary N) is 1. The minimum Gasteiger partial charge on any atom is -0.206 e. The van der Waals surface area contributed by atoms with Gasteiger partial charge >= 0.3 is 0 Å². The molecule has 102 valence electrons. The molecule has 1 N–H and O–H groups in total. The van der Waals surface area contributed by atoms with E-state index in [1.165, 1.54) is 11.3 Å². The summed E-state index contributed by atoms with van der Waals surface area (Å²) in [7, 11) is -3.44. The van der Waals surface area contributed by atoms with Crippen LogP contribution in [-0.4, -0.2) is 8.42 Å². The van der Waals surface area contributed by atoms with E-state index < -0.39 is 10.0 Å². The Kier molecular flexibility index (Phi) is 4.45. The Bertz CT molecular complexity index is 662. The second-order valence-electron chi connectivity index (χ2n) is 4.26. The molecule has 3 nitrogen and oxygen atoms in total. The molecular weight excluding hydrogens is 346 g/mol. The summed E-state index contributed by atoms with van der Waals surface area (Å²) in [6.07, 6.45) is 0. The first-order valence-corrected chi connectivity index (χ1v) is 8.82. The molecule has 2 rings (SSSR count). The van der Waals surface area contributed by atoms with E-state index in [4.69, 9.17) is 0 Å². The highest BCUT2D eigenvalue weighted by Crippen LogP contribution is 2.23. The molecule has 0 amide bonds. The van der Waals surface area contributed by atoms with Crippen molar-refractivity contribution >= 4 is 37.3 Å². The van der Waals surface area contributed by atoms with Crippen molar-refractivity contribution in [1.29, 1.82) is 0 Å². The maximum absolute atomic E-state index is 12.2. The Morgan fingerprint density at radius 1 is 1.16 bits per heavy atom. The second-order valence-corrected chi connectivity index (χ2v) is 8.40. The summed E-state index contributed by atoms with van der Waals surface area (Å²) in [4.78, 5) is 0.983. The summed E-state index contributed by atoms with van der Waals surface area (Å²) in [5.74, 6) is 0. The first-order chi connectivity index (χ1) is 8.88. The molecule has 1 atom stereocenters. The SMILES string of the molecule is Cc1ccc(S(=O)(=O)NC(C)c2ccc(Br)cc2)s1. The van der Waals surface area contributed by atoms with E-state index >= 15 is 0 Å². The molecule has 0 radical (unpaired) electrons. The zero-order valence-electron chi connectivity index (χ0n) is 10.6. The van der Waals surface area contributed by atoms with Crippen LogP contribution in [0.5, 0.6) is 0 Å². The molecule has 0 saturated carbocycles. The van der Waals surface area contributed by atoms with Crippen LogP contribution in [0.1, 0.15) is 23.4 Å². The number of hydrogen-bond donors (Lipinski definition) is 1. The molecule has 0 aliphatic heterocycles. The van der Waals surface area contributed by atoms with Crippen molar-refractivity contribution in [3.63, 3.8) is 0 Å². The van der Waals surface area contributed by atoms with Gasteiger partial charge in [0, 0.05) is 15.4 Å². The van der Waals surface area contributed by atoms with E-state index in [0.717, 1.165) is 14.9 Å². The molecule has 0 bridgehead atoms. The lowest BCUT2D eigenvalue weighted by molar-refractivity contribution is 0.569. The van der Waals surface area contributed by atoms with E-state index in [1.54, 1.807) is 6.07 Å². The van der Waals surface area contributed by atoms with Crippen molar-refractivity contribution in [1.82, 2.24) is 4.72 Å². The lowest BCUT2D eigenvalue weighted by Gasteiger charge is -2.13. The maximum Gasteiger partial charge on any atom is 0.250 e. The van der Waals surface area contributed by atoms with E-state index in [1.807, 2.05) is 44.2 Å². The van der Waals surface area contributed by atoms with Gasteiger partial charge in [-0.05, 0) is 43.7 Å². The van der Waals surface area contributed by atoms with Gasteiger partial charge in [0.1, 0.15) is 4.21 Å². The number of hydrogen-bond acceptors (Lipinski definition) is 3. The number of sulfonamides is 1. The highest BCUT2D eigenvalue weighted by molar-refractivity contribution is 9.10. The minimum absolute atomic E-state index is 0.263. The van der Waals surface area contributed by atoms with Crippen LogP contribution >= 0.6 is 27.3 Å². The van der Waals surface area contributed by atoms with Crippen LogP contribution in [0.4, 0.5) is 0 Å². The number of rotatable bonds is 4. The summed E-state index contributed by atoms with van der Waals surface area (Å²) in [5.41, 5.74) is 0.931. The molecule has 0 aliphatic carbocycles. The molecule has 0 aliphatic rings. The predicted octanol–water partition coefficient (Wildman–Crippen LogP) is 3.86. The fraction of sp³-hybridized carbons (Fsp3) is 0.231. The molecule has 6 heteroatoms. The first kappa shape index (κ1) is 14.7.